The third kappa shape index (κ3) is 4.73. The first kappa shape index (κ1) is 13.6. The summed E-state index contributed by atoms with van der Waals surface area (Å²) in [4.78, 5) is 3.95. The maximum Gasteiger partial charge on any atom is 0.137 e. The first-order valence-corrected chi connectivity index (χ1v) is 6.68. The number of hydrogen-bond acceptors (Lipinski definition) is 3. The number of nitrogens with zero attached hydrogens (tertiary/aromatic N) is 3. The van der Waals surface area contributed by atoms with Gasteiger partial charge in [0.15, 0.2) is 0 Å². The van der Waals surface area contributed by atoms with Crippen molar-refractivity contribution in [1.82, 2.24) is 14.8 Å². The molecule has 0 unspecified atom stereocenters. The van der Waals surface area contributed by atoms with Crippen LogP contribution in [0.4, 0.5) is 5.69 Å². The monoisotopic (exact) mass is 258 g/mol. The van der Waals surface area contributed by atoms with Gasteiger partial charge in [-0.15, -0.1) is 0 Å². The predicted molar refractivity (Wildman–Crippen MR) is 78.1 cm³/mol. The van der Waals surface area contributed by atoms with Gasteiger partial charge < -0.3 is 5.32 Å². The van der Waals surface area contributed by atoms with E-state index in [1.807, 2.05) is 4.68 Å². The fraction of sp³-hybridized carbons (Fsp3) is 0.467. The van der Waals surface area contributed by atoms with Crippen molar-refractivity contribution in [3.05, 3.63) is 42.5 Å². The second kappa shape index (κ2) is 5.87. The van der Waals surface area contributed by atoms with Gasteiger partial charge in [0.2, 0.25) is 0 Å². The Morgan fingerprint density at radius 3 is 2.79 bits per heavy atom. The lowest BCUT2D eigenvalue weighted by Crippen LogP contribution is -2.13. The van der Waals surface area contributed by atoms with E-state index < -0.39 is 0 Å². The topological polar surface area (TPSA) is 42.7 Å². The standard InChI is InChI=1S/C15H22N4/c1-15(2,3)7-8-17-14-6-4-5-13(9-14)10-19-12-16-11-18-19/h4-6,9,11-12,17H,7-8,10H2,1-3H3. The van der Waals surface area contributed by atoms with Crippen LogP contribution < -0.4 is 5.32 Å². The number of nitrogens with one attached hydrogen (secondary N) is 1. The summed E-state index contributed by atoms with van der Waals surface area (Å²) in [5, 5.41) is 7.60. The molecular weight excluding hydrogens is 236 g/mol. The Balaban J connectivity index is 1.92. The minimum atomic E-state index is 0.366. The normalized spacial score (nSPS) is 11.5. The van der Waals surface area contributed by atoms with Gasteiger partial charge >= 0.3 is 0 Å². The molecule has 2 aromatic rings. The van der Waals surface area contributed by atoms with E-state index >= 15 is 0 Å². The molecule has 0 bridgehead atoms. The Labute approximate surface area is 114 Å². The Kier molecular flexibility index (Phi) is 4.20. The number of benzene rings is 1. The molecule has 0 spiro atoms. The third-order valence-electron chi connectivity index (χ3n) is 2.94. The summed E-state index contributed by atoms with van der Waals surface area (Å²) in [6.45, 7) is 8.53. The minimum absolute atomic E-state index is 0.366. The third-order valence-corrected chi connectivity index (χ3v) is 2.94. The zero-order valence-electron chi connectivity index (χ0n) is 11.9. The number of anilines is 1. The molecule has 0 amide bonds. The van der Waals surface area contributed by atoms with Gasteiger partial charge in [-0.3, -0.25) is 0 Å². The van der Waals surface area contributed by atoms with E-state index in [4.69, 9.17) is 0 Å². The van der Waals surface area contributed by atoms with E-state index in [0.29, 0.717) is 5.41 Å². The summed E-state index contributed by atoms with van der Waals surface area (Å²) < 4.78 is 1.83. The van der Waals surface area contributed by atoms with Crippen LogP contribution in [0.25, 0.3) is 0 Å². The molecule has 0 fully saturated rings. The van der Waals surface area contributed by atoms with Crippen molar-refractivity contribution in [3.63, 3.8) is 0 Å². The van der Waals surface area contributed by atoms with Crippen molar-refractivity contribution < 1.29 is 0 Å². The zero-order valence-corrected chi connectivity index (χ0v) is 11.9. The second-order valence-corrected chi connectivity index (χ2v) is 6.03. The molecule has 0 aliphatic carbocycles. The molecule has 102 valence electrons. The Morgan fingerprint density at radius 1 is 1.26 bits per heavy atom. The van der Waals surface area contributed by atoms with E-state index in [-0.39, 0.29) is 0 Å². The fourth-order valence-electron chi connectivity index (χ4n) is 1.86. The summed E-state index contributed by atoms with van der Waals surface area (Å²) in [7, 11) is 0. The largest absolute Gasteiger partial charge is 0.385 e. The second-order valence-electron chi connectivity index (χ2n) is 6.03. The average Bonchev–Trinajstić information content (AvgIpc) is 2.80. The number of rotatable bonds is 5. The highest BCUT2D eigenvalue weighted by Crippen LogP contribution is 2.19. The molecule has 0 aliphatic rings. The predicted octanol–water partition coefficient (Wildman–Crippen LogP) is 3.17. The molecule has 0 saturated heterocycles. The summed E-state index contributed by atoms with van der Waals surface area (Å²) in [6, 6.07) is 8.46. The van der Waals surface area contributed by atoms with Gasteiger partial charge in [0.25, 0.3) is 0 Å². The van der Waals surface area contributed by atoms with E-state index in [9.17, 15) is 0 Å². The van der Waals surface area contributed by atoms with Crippen LogP contribution >= 0.6 is 0 Å². The van der Waals surface area contributed by atoms with E-state index in [1.165, 1.54) is 11.3 Å². The molecule has 0 radical (unpaired) electrons. The molecule has 4 heteroatoms. The molecule has 0 saturated carbocycles. The Morgan fingerprint density at radius 2 is 2.11 bits per heavy atom. The van der Waals surface area contributed by atoms with E-state index in [1.54, 1.807) is 12.7 Å². The highest BCUT2D eigenvalue weighted by molar-refractivity contribution is 5.45. The molecule has 1 aromatic heterocycles. The molecule has 0 aliphatic heterocycles. The quantitative estimate of drug-likeness (QED) is 0.895. The molecule has 0 atom stereocenters. The summed E-state index contributed by atoms with van der Waals surface area (Å²) in [5.74, 6) is 0. The average molecular weight is 258 g/mol. The number of aromatic nitrogens is 3. The van der Waals surface area contributed by atoms with Crippen molar-refractivity contribution >= 4 is 5.69 Å². The van der Waals surface area contributed by atoms with Gasteiger partial charge in [0.05, 0.1) is 6.54 Å². The van der Waals surface area contributed by atoms with E-state index in [2.05, 4.69) is 60.4 Å². The highest BCUT2D eigenvalue weighted by atomic mass is 15.3. The van der Waals surface area contributed by atoms with Crippen molar-refractivity contribution in [2.45, 2.75) is 33.7 Å². The smallest absolute Gasteiger partial charge is 0.137 e. The van der Waals surface area contributed by atoms with Crippen molar-refractivity contribution in [3.8, 4) is 0 Å². The SMILES string of the molecule is CC(C)(C)CCNc1cccc(Cn2cncn2)c1. The van der Waals surface area contributed by atoms with Crippen LogP contribution in [0.1, 0.15) is 32.8 Å². The maximum atomic E-state index is 4.12. The molecule has 2 rings (SSSR count). The summed E-state index contributed by atoms with van der Waals surface area (Å²) >= 11 is 0. The lowest BCUT2D eigenvalue weighted by atomic mass is 9.92. The fourth-order valence-corrected chi connectivity index (χ4v) is 1.86. The number of hydrogen-bond donors (Lipinski definition) is 1. The summed E-state index contributed by atoms with van der Waals surface area (Å²) in [5.41, 5.74) is 2.76. The molecule has 1 heterocycles. The van der Waals surface area contributed by atoms with Crippen LogP contribution in [0.3, 0.4) is 0 Å². The van der Waals surface area contributed by atoms with Gasteiger partial charge in [-0.1, -0.05) is 32.9 Å². The van der Waals surface area contributed by atoms with Crippen LogP contribution in [0, 0.1) is 5.41 Å². The minimum Gasteiger partial charge on any atom is -0.385 e. The zero-order chi connectivity index (χ0) is 13.7. The molecule has 4 nitrogen and oxygen atoms in total. The van der Waals surface area contributed by atoms with Crippen LogP contribution in [0.2, 0.25) is 0 Å². The molecule has 1 aromatic carbocycles. The Hall–Kier alpha value is -1.84. The van der Waals surface area contributed by atoms with Crippen molar-refractivity contribution in [2.24, 2.45) is 5.41 Å². The lowest BCUT2D eigenvalue weighted by Gasteiger charge is -2.18. The van der Waals surface area contributed by atoms with Crippen LogP contribution in [-0.4, -0.2) is 21.3 Å². The lowest BCUT2D eigenvalue weighted by molar-refractivity contribution is 0.390. The first-order chi connectivity index (χ1) is 9.03. The van der Waals surface area contributed by atoms with Crippen LogP contribution in [-0.2, 0) is 6.54 Å². The Bertz CT molecular complexity index is 497. The van der Waals surface area contributed by atoms with Crippen LogP contribution in [0.15, 0.2) is 36.9 Å². The van der Waals surface area contributed by atoms with Gasteiger partial charge in [0, 0.05) is 12.2 Å². The van der Waals surface area contributed by atoms with Crippen molar-refractivity contribution in [1.29, 1.82) is 0 Å². The van der Waals surface area contributed by atoms with E-state index in [0.717, 1.165) is 19.5 Å². The van der Waals surface area contributed by atoms with Gasteiger partial charge in [0.1, 0.15) is 12.7 Å². The van der Waals surface area contributed by atoms with Crippen LogP contribution in [0.5, 0.6) is 0 Å². The van der Waals surface area contributed by atoms with Gasteiger partial charge in [-0.2, -0.15) is 5.10 Å². The van der Waals surface area contributed by atoms with Crippen molar-refractivity contribution in [2.75, 3.05) is 11.9 Å². The molecular formula is C15H22N4. The molecule has 19 heavy (non-hydrogen) atoms. The first-order valence-electron chi connectivity index (χ1n) is 6.68. The highest BCUT2D eigenvalue weighted by Gasteiger charge is 2.08. The van der Waals surface area contributed by atoms with Gasteiger partial charge in [-0.05, 0) is 29.5 Å². The maximum absolute atomic E-state index is 4.12. The molecule has 1 N–H and O–H groups in total. The van der Waals surface area contributed by atoms with Gasteiger partial charge in [-0.25, -0.2) is 9.67 Å². The summed E-state index contributed by atoms with van der Waals surface area (Å²) in [6.07, 6.45) is 4.45.